The number of aromatic nitrogens is 3. The van der Waals surface area contributed by atoms with E-state index < -0.39 is 0 Å². The van der Waals surface area contributed by atoms with Gasteiger partial charge in [-0.2, -0.15) is 4.98 Å². The Labute approximate surface area is 122 Å². The minimum atomic E-state index is 0.404. The molecule has 0 saturated carbocycles. The summed E-state index contributed by atoms with van der Waals surface area (Å²) in [5.41, 5.74) is 9.48. The van der Waals surface area contributed by atoms with Crippen LogP contribution in [-0.4, -0.2) is 35.7 Å². The van der Waals surface area contributed by atoms with Crippen LogP contribution in [0.5, 0.6) is 5.88 Å². The predicted molar refractivity (Wildman–Crippen MR) is 84.2 cm³/mol. The molecule has 21 heavy (non-hydrogen) atoms. The second kappa shape index (κ2) is 4.97. The van der Waals surface area contributed by atoms with Crippen LogP contribution < -0.4 is 15.4 Å². The Bertz CT molecular complexity index is 794. The highest BCUT2D eigenvalue weighted by atomic mass is 16.5. The Hall–Kier alpha value is -2.76. The number of nitrogen functional groups attached to an aromatic ring is 1. The molecule has 0 radical (unpaired) electrons. The van der Waals surface area contributed by atoms with E-state index in [1.54, 1.807) is 13.2 Å². The van der Waals surface area contributed by atoms with Crippen molar-refractivity contribution < 1.29 is 4.74 Å². The molecule has 3 aromatic rings. The number of hydrogen-bond donors (Lipinski definition) is 1. The molecule has 0 saturated heterocycles. The lowest BCUT2D eigenvalue weighted by atomic mass is 10.2. The summed E-state index contributed by atoms with van der Waals surface area (Å²) in [4.78, 5) is 10.8. The molecule has 0 aliphatic carbocycles. The zero-order valence-electron chi connectivity index (χ0n) is 12.2. The predicted octanol–water partition coefficient (Wildman–Crippen LogP) is 2.08. The molecule has 6 heteroatoms. The number of fused-ring (bicyclic) bond motifs is 1. The van der Waals surface area contributed by atoms with E-state index in [9.17, 15) is 0 Å². The highest BCUT2D eigenvalue weighted by Crippen LogP contribution is 2.25. The van der Waals surface area contributed by atoms with Gasteiger partial charge in [-0.05, 0) is 24.3 Å². The van der Waals surface area contributed by atoms with Crippen LogP contribution in [0.3, 0.4) is 0 Å². The van der Waals surface area contributed by atoms with E-state index >= 15 is 0 Å². The molecular formula is C15H17N5O. The summed E-state index contributed by atoms with van der Waals surface area (Å²) in [6, 6.07) is 11.7. The second-order valence-corrected chi connectivity index (χ2v) is 4.92. The van der Waals surface area contributed by atoms with Crippen LogP contribution in [0, 0.1) is 0 Å². The Morgan fingerprint density at radius 2 is 1.95 bits per heavy atom. The van der Waals surface area contributed by atoms with Crippen molar-refractivity contribution in [2.24, 2.45) is 0 Å². The van der Waals surface area contributed by atoms with Gasteiger partial charge in [0.25, 0.3) is 0 Å². The number of ether oxygens (including phenoxy) is 1. The fourth-order valence-electron chi connectivity index (χ4n) is 2.24. The van der Waals surface area contributed by atoms with E-state index in [2.05, 4.69) is 9.97 Å². The minimum absolute atomic E-state index is 0.404. The van der Waals surface area contributed by atoms with Crippen LogP contribution in [0.15, 0.2) is 36.4 Å². The Morgan fingerprint density at radius 3 is 2.67 bits per heavy atom. The van der Waals surface area contributed by atoms with Gasteiger partial charge in [0.2, 0.25) is 11.8 Å². The molecule has 0 spiro atoms. The maximum absolute atomic E-state index is 6.06. The van der Waals surface area contributed by atoms with Crippen LogP contribution in [-0.2, 0) is 0 Å². The van der Waals surface area contributed by atoms with E-state index in [0.717, 1.165) is 16.9 Å². The smallest absolute Gasteiger partial charge is 0.215 e. The molecular weight excluding hydrogens is 266 g/mol. The first-order chi connectivity index (χ1) is 10.1. The molecule has 0 unspecified atom stereocenters. The molecule has 0 aliphatic heterocycles. The molecule has 0 bridgehead atoms. The van der Waals surface area contributed by atoms with Gasteiger partial charge in [-0.25, -0.2) is 4.98 Å². The maximum atomic E-state index is 6.06. The van der Waals surface area contributed by atoms with Gasteiger partial charge in [-0.15, -0.1) is 0 Å². The van der Waals surface area contributed by atoms with Crippen LogP contribution in [0.25, 0.3) is 16.9 Å². The third-order valence-electron chi connectivity index (χ3n) is 3.32. The van der Waals surface area contributed by atoms with Gasteiger partial charge in [-0.3, -0.25) is 4.57 Å². The van der Waals surface area contributed by atoms with E-state index in [1.807, 2.05) is 53.9 Å². The third kappa shape index (κ3) is 2.24. The summed E-state index contributed by atoms with van der Waals surface area (Å²) < 4.78 is 7.01. The van der Waals surface area contributed by atoms with Crippen molar-refractivity contribution in [1.82, 2.24) is 14.5 Å². The van der Waals surface area contributed by atoms with E-state index in [1.165, 1.54) is 0 Å². The number of rotatable bonds is 3. The topological polar surface area (TPSA) is 69.2 Å². The molecule has 108 valence electrons. The highest BCUT2D eigenvalue weighted by Gasteiger charge is 2.13. The standard InChI is InChI=1S/C15H17N5O/c1-19(2)10-5-4-6-11(9-10)20-14-12(17-15(20)16)7-8-13(18-14)21-3/h4-9H,1-3H3,(H2,16,17). The summed E-state index contributed by atoms with van der Waals surface area (Å²) in [6.45, 7) is 0. The number of anilines is 2. The summed E-state index contributed by atoms with van der Waals surface area (Å²) in [5, 5.41) is 0. The number of nitrogens with two attached hydrogens (primary N) is 1. The fraction of sp³-hybridized carbons (Fsp3) is 0.200. The van der Waals surface area contributed by atoms with Crippen molar-refractivity contribution in [3.8, 4) is 11.6 Å². The quantitative estimate of drug-likeness (QED) is 0.797. The lowest BCUT2D eigenvalue weighted by Crippen LogP contribution is -2.09. The number of methoxy groups -OCH3 is 1. The first kappa shape index (κ1) is 13.2. The number of imidazole rings is 1. The van der Waals surface area contributed by atoms with Gasteiger partial charge in [0.1, 0.15) is 5.52 Å². The lowest BCUT2D eigenvalue weighted by Gasteiger charge is -2.14. The van der Waals surface area contributed by atoms with Crippen molar-refractivity contribution in [1.29, 1.82) is 0 Å². The van der Waals surface area contributed by atoms with Crippen LogP contribution in [0.1, 0.15) is 0 Å². The van der Waals surface area contributed by atoms with Crippen molar-refractivity contribution in [3.63, 3.8) is 0 Å². The average molecular weight is 283 g/mol. The zero-order chi connectivity index (χ0) is 15.0. The number of nitrogens with zero attached hydrogens (tertiary/aromatic N) is 4. The normalized spacial score (nSPS) is 10.8. The minimum Gasteiger partial charge on any atom is -0.481 e. The SMILES string of the molecule is COc1ccc2nc(N)n(-c3cccc(N(C)C)c3)c2n1. The monoisotopic (exact) mass is 283 g/mol. The van der Waals surface area contributed by atoms with Crippen LogP contribution in [0.4, 0.5) is 11.6 Å². The van der Waals surface area contributed by atoms with Crippen molar-refractivity contribution in [2.75, 3.05) is 31.8 Å². The summed E-state index contributed by atoms with van der Waals surface area (Å²) in [5.74, 6) is 0.939. The van der Waals surface area contributed by atoms with E-state index in [0.29, 0.717) is 17.5 Å². The molecule has 0 atom stereocenters. The largest absolute Gasteiger partial charge is 0.481 e. The van der Waals surface area contributed by atoms with Crippen LogP contribution >= 0.6 is 0 Å². The van der Waals surface area contributed by atoms with Gasteiger partial charge in [0.15, 0.2) is 5.65 Å². The number of hydrogen-bond acceptors (Lipinski definition) is 5. The van der Waals surface area contributed by atoms with Crippen molar-refractivity contribution >= 4 is 22.8 Å². The Balaban J connectivity index is 2.23. The highest BCUT2D eigenvalue weighted by molar-refractivity contribution is 5.78. The van der Waals surface area contributed by atoms with E-state index in [-0.39, 0.29) is 0 Å². The molecule has 0 amide bonds. The summed E-state index contributed by atoms with van der Waals surface area (Å²) in [6.07, 6.45) is 0. The fourth-order valence-corrected chi connectivity index (χ4v) is 2.24. The maximum Gasteiger partial charge on any atom is 0.215 e. The molecule has 0 aliphatic rings. The lowest BCUT2D eigenvalue weighted by molar-refractivity contribution is 0.399. The van der Waals surface area contributed by atoms with Gasteiger partial charge in [-0.1, -0.05) is 6.07 Å². The van der Waals surface area contributed by atoms with Gasteiger partial charge >= 0.3 is 0 Å². The first-order valence-corrected chi connectivity index (χ1v) is 6.57. The van der Waals surface area contributed by atoms with E-state index in [4.69, 9.17) is 10.5 Å². The molecule has 2 heterocycles. The van der Waals surface area contributed by atoms with Gasteiger partial charge in [0, 0.05) is 25.8 Å². The summed E-state index contributed by atoms with van der Waals surface area (Å²) >= 11 is 0. The Kier molecular flexibility index (Phi) is 3.13. The molecule has 6 nitrogen and oxygen atoms in total. The molecule has 1 aromatic carbocycles. The van der Waals surface area contributed by atoms with Crippen molar-refractivity contribution in [2.45, 2.75) is 0 Å². The number of benzene rings is 1. The molecule has 3 rings (SSSR count). The zero-order valence-corrected chi connectivity index (χ0v) is 12.2. The van der Waals surface area contributed by atoms with Crippen molar-refractivity contribution in [3.05, 3.63) is 36.4 Å². The van der Waals surface area contributed by atoms with Gasteiger partial charge in [0.05, 0.1) is 12.8 Å². The van der Waals surface area contributed by atoms with Crippen LogP contribution in [0.2, 0.25) is 0 Å². The molecule has 2 aromatic heterocycles. The average Bonchev–Trinajstić information content (AvgIpc) is 2.82. The third-order valence-corrected chi connectivity index (χ3v) is 3.32. The number of pyridine rings is 1. The molecule has 2 N–H and O–H groups in total. The summed E-state index contributed by atoms with van der Waals surface area (Å²) in [7, 11) is 5.58. The molecule has 0 fully saturated rings. The van der Waals surface area contributed by atoms with Gasteiger partial charge < -0.3 is 15.4 Å². The first-order valence-electron chi connectivity index (χ1n) is 6.57. The Morgan fingerprint density at radius 1 is 1.14 bits per heavy atom. The second-order valence-electron chi connectivity index (χ2n) is 4.92.